The van der Waals surface area contributed by atoms with Crippen molar-refractivity contribution in [2.75, 3.05) is 33.4 Å². The summed E-state index contributed by atoms with van der Waals surface area (Å²) < 4.78 is 6.46. The highest BCUT2D eigenvalue weighted by atomic mass is 35.5. The lowest BCUT2D eigenvalue weighted by Crippen LogP contribution is -2.51. The fraction of sp³-hybridized carbons (Fsp3) is 0.400. The molecule has 0 N–H and O–H groups in total. The summed E-state index contributed by atoms with van der Waals surface area (Å²) in [5.74, 6) is 0. The molecule has 0 amide bonds. The van der Waals surface area contributed by atoms with Crippen molar-refractivity contribution in [3.63, 3.8) is 0 Å². The molecule has 1 aromatic carbocycles. The minimum absolute atomic E-state index is 0.761. The number of nitrogens with zero attached hydrogens (tertiary/aromatic N) is 2. The van der Waals surface area contributed by atoms with Crippen LogP contribution in [0.4, 0.5) is 0 Å². The second kappa shape index (κ2) is 5.82. The van der Waals surface area contributed by atoms with Gasteiger partial charge in [-0.3, -0.25) is 0 Å². The molecule has 1 aromatic heterocycles. The molecule has 1 saturated heterocycles. The number of likely N-dealkylation sites (N-methyl/N-ethyl adjacent to an activating group) is 1. The van der Waals surface area contributed by atoms with Crippen LogP contribution >= 0.6 is 22.9 Å². The number of hydrogen-bond acceptors (Lipinski definition) is 3. The van der Waals surface area contributed by atoms with Crippen LogP contribution in [0.15, 0.2) is 29.6 Å². The van der Waals surface area contributed by atoms with Gasteiger partial charge in [-0.15, -0.1) is 11.3 Å². The molecule has 0 atom stereocenters. The Morgan fingerprint density at radius 1 is 1.25 bits per heavy atom. The maximum absolute atomic E-state index is 5.92. The third kappa shape index (κ3) is 3.20. The fourth-order valence-corrected chi connectivity index (χ4v) is 3.38. The number of thiazole rings is 1. The molecule has 3 rings (SSSR count). The molecule has 20 heavy (non-hydrogen) atoms. The summed E-state index contributed by atoms with van der Waals surface area (Å²) in [7, 11) is 2.28. The van der Waals surface area contributed by atoms with Crippen molar-refractivity contribution >= 4 is 22.9 Å². The molecule has 1 aliphatic rings. The van der Waals surface area contributed by atoms with E-state index in [1.807, 2.05) is 24.3 Å². The van der Waals surface area contributed by atoms with Crippen LogP contribution in [0.2, 0.25) is 5.02 Å². The Labute approximate surface area is 128 Å². The van der Waals surface area contributed by atoms with Crippen LogP contribution in [0.5, 0.6) is 0 Å². The predicted molar refractivity (Wildman–Crippen MR) is 83.0 cm³/mol. The highest BCUT2D eigenvalue weighted by Crippen LogP contribution is 2.26. The molecule has 0 aliphatic carbocycles. The maximum Gasteiger partial charge on any atom is 0.123 e. The maximum atomic E-state index is 5.92. The Kier molecular flexibility index (Phi) is 4.08. The van der Waals surface area contributed by atoms with E-state index in [0.717, 1.165) is 52.9 Å². The lowest BCUT2D eigenvalue weighted by molar-refractivity contribution is -0.929. The SMILES string of the molecule is C[N+]1(Cc2csc(-c3ccc(Cl)cc3)n2)CCOCC1. The second-order valence-corrected chi connectivity index (χ2v) is 6.78. The third-order valence-electron chi connectivity index (χ3n) is 3.74. The molecule has 2 heterocycles. The number of aromatic nitrogens is 1. The highest BCUT2D eigenvalue weighted by Gasteiger charge is 2.26. The van der Waals surface area contributed by atoms with Crippen LogP contribution in [-0.2, 0) is 11.3 Å². The minimum atomic E-state index is 0.761. The summed E-state index contributed by atoms with van der Waals surface area (Å²) >= 11 is 7.62. The van der Waals surface area contributed by atoms with E-state index in [9.17, 15) is 0 Å². The van der Waals surface area contributed by atoms with Crippen molar-refractivity contribution in [2.24, 2.45) is 0 Å². The van der Waals surface area contributed by atoms with Gasteiger partial charge in [0.15, 0.2) is 0 Å². The number of hydrogen-bond donors (Lipinski definition) is 0. The number of ether oxygens (including phenoxy) is 1. The van der Waals surface area contributed by atoms with Gasteiger partial charge in [-0.1, -0.05) is 23.7 Å². The average Bonchev–Trinajstić information content (AvgIpc) is 2.88. The number of morpholine rings is 1. The van der Waals surface area contributed by atoms with Crippen LogP contribution in [-0.4, -0.2) is 42.8 Å². The second-order valence-electron chi connectivity index (χ2n) is 5.49. The van der Waals surface area contributed by atoms with Gasteiger partial charge in [0.25, 0.3) is 0 Å². The Balaban J connectivity index is 1.75. The molecular formula is C15H18ClN2OS+. The lowest BCUT2D eigenvalue weighted by atomic mass is 10.2. The molecule has 5 heteroatoms. The molecule has 0 spiro atoms. The number of benzene rings is 1. The van der Waals surface area contributed by atoms with E-state index in [2.05, 4.69) is 12.4 Å². The molecular weight excluding hydrogens is 292 g/mol. The smallest absolute Gasteiger partial charge is 0.123 e. The minimum Gasteiger partial charge on any atom is -0.370 e. The van der Waals surface area contributed by atoms with E-state index < -0.39 is 0 Å². The van der Waals surface area contributed by atoms with Gasteiger partial charge >= 0.3 is 0 Å². The first kappa shape index (κ1) is 14.0. The summed E-state index contributed by atoms with van der Waals surface area (Å²) in [6.07, 6.45) is 0. The van der Waals surface area contributed by atoms with E-state index in [-0.39, 0.29) is 0 Å². The first-order valence-electron chi connectivity index (χ1n) is 6.76. The number of halogens is 1. The van der Waals surface area contributed by atoms with Crippen molar-refractivity contribution < 1.29 is 9.22 Å². The van der Waals surface area contributed by atoms with Crippen LogP contribution in [0.1, 0.15) is 5.69 Å². The Hall–Kier alpha value is -0.940. The van der Waals surface area contributed by atoms with Gasteiger partial charge in [0, 0.05) is 16.0 Å². The van der Waals surface area contributed by atoms with E-state index in [0.29, 0.717) is 0 Å². The summed E-state index contributed by atoms with van der Waals surface area (Å²) in [6, 6.07) is 7.87. The lowest BCUT2D eigenvalue weighted by Gasteiger charge is -2.36. The fourth-order valence-electron chi connectivity index (χ4n) is 2.44. The van der Waals surface area contributed by atoms with Gasteiger partial charge in [0.1, 0.15) is 30.3 Å². The predicted octanol–water partition coefficient (Wildman–Crippen LogP) is 3.44. The van der Waals surface area contributed by atoms with Gasteiger partial charge in [-0.2, -0.15) is 0 Å². The normalized spacial score (nSPS) is 18.1. The number of quaternary nitrogens is 1. The Morgan fingerprint density at radius 3 is 2.65 bits per heavy atom. The Morgan fingerprint density at radius 2 is 1.95 bits per heavy atom. The standard InChI is InChI=1S/C15H18ClN2OS/c1-18(6-8-19-9-7-18)10-14-11-20-15(17-14)12-2-4-13(16)5-3-12/h2-5,11H,6-10H2,1H3/q+1. The van der Waals surface area contributed by atoms with Crippen molar-refractivity contribution in [1.82, 2.24) is 4.98 Å². The molecule has 1 fully saturated rings. The zero-order valence-corrected chi connectivity index (χ0v) is 13.1. The molecule has 0 saturated carbocycles. The van der Waals surface area contributed by atoms with E-state index in [4.69, 9.17) is 21.3 Å². The summed E-state index contributed by atoms with van der Waals surface area (Å²) in [4.78, 5) is 4.77. The van der Waals surface area contributed by atoms with E-state index in [1.54, 1.807) is 11.3 Å². The van der Waals surface area contributed by atoms with Crippen molar-refractivity contribution in [1.29, 1.82) is 0 Å². The van der Waals surface area contributed by atoms with Crippen molar-refractivity contribution in [2.45, 2.75) is 6.54 Å². The topological polar surface area (TPSA) is 22.1 Å². The van der Waals surface area contributed by atoms with Crippen LogP contribution in [0, 0.1) is 0 Å². The van der Waals surface area contributed by atoms with Crippen molar-refractivity contribution in [3.8, 4) is 10.6 Å². The van der Waals surface area contributed by atoms with E-state index in [1.165, 1.54) is 5.69 Å². The first-order valence-corrected chi connectivity index (χ1v) is 8.02. The Bertz CT molecular complexity index is 576. The van der Waals surface area contributed by atoms with Gasteiger partial charge in [-0.05, 0) is 12.1 Å². The van der Waals surface area contributed by atoms with Gasteiger partial charge < -0.3 is 9.22 Å². The molecule has 2 aromatic rings. The average molecular weight is 310 g/mol. The van der Waals surface area contributed by atoms with Crippen molar-refractivity contribution in [3.05, 3.63) is 40.4 Å². The largest absolute Gasteiger partial charge is 0.370 e. The molecule has 0 bridgehead atoms. The first-order chi connectivity index (χ1) is 9.65. The zero-order valence-electron chi connectivity index (χ0n) is 11.5. The van der Waals surface area contributed by atoms with Gasteiger partial charge in [0.05, 0.1) is 20.3 Å². The molecule has 3 nitrogen and oxygen atoms in total. The summed E-state index contributed by atoms with van der Waals surface area (Å²) in [5, 5.41) is 4.00. The third-order valence-corrected chi connectivity index (χ3v) is 4.93. The van der Waals surface area contributed by atoms with Crippen LogP contribution < -0.4 is 0 Å². The van der Waals surface area contributed by atoms with Crippen LogP contribution in [0.3, 0.4) is 0 Å². The van der Waals surface area contributed by atoms with Gasteiger partial charge in [-0.25, -0.2) is 4.98 Å². The highest BCUT2D eigenvalue weighted by molar-refractivity contribution is 7.13. The summed E-state index contributed by atoms with van der Waals surface area (Å²) in [6.45, 7) is 4.81. The number of rotatable bonds is 3. The molecule has 106 valence electrons. The zero-order chi connectivity index (χ0) is 14.0. The van der Waals surface area contributed by atoms with E-state index >= 15 is 0 Å². The van der Waals surface area contributed by atoms with Crippen LogP contribution in [0.25, 0.3) is 10.6 Å². The quantitative estimate of drug-likeness (QED) is 0.810. The van der Waals surface area contributed by atoms with Gasteiger partial charge in [0.2, 0.25) is 0 Å². The molecule has 0 unspecified atom stereocenters. The monoisotopic (exact) mass is 309 g/mol. The summed E-state index contributed by atoms with van der Waals surface area (Å²) in [5.41, 5.74) is 2.31. The molecule has 1 aliphatic heterocycles. The molecule has 0 radical (unpaired) electrons.